The maximum atomic E-state index is 11.0. The number of aryl methyl sites for hydroxylation is 1. The van der Waals surface area contributed by atoms with Crippen molar-refractivity contribution in [1.82, 2.24) is 0 Å². The van der Waals surface area contributed by atoms with Crippen LogP contribution in [0.3, 0.4) is 0 Å². The zero-order chi connectivity index (χ0) is 14.7. The third kappa shape index (κ3) is 3.40. The van der Waals surface area contributed by atoms with Gasteiger partial charge in [0.2, 0.25) is 0 Å². The van der Waals surface area contributed by atoms with E-state index >= 15 is 0 Å². The van der Waals surface area contributed by atoms with Crippen molar-refractivity contribution < 1.29 is 4.92 Å². The summed E-state index contributed by atoms with van der Waals surface area (Å²) >= 11 is 11.9. The van der Waals surface area contributed by atoms with Crippen LogP contribution in [-0.4, -0.2) is 4.92 Å². The van der Waals surface area contributed by atoms with E-state index in [-0.39, 0.29) is 5.69 Å². The number of nitrogens with one attached hydrogen (secondary N) is 1. The van der Waals surface area contributed by atoms with E-state index in [2.05, 4.69) is 5.32 Å². The van der Waals surface area contributed by atoms with Crippen molar-refractivity contribution in [3.05, 3.63) is 67.7 Å². The maximum absolute atomic E-state index is 11.0. The number of hydrogen-bond acceptors (Lipinski definition) is 3. The highest BCUT2D eigenvalue weighted by Gasteiger charge is 2.13. The van der Waals surface area contributed by atoms with Crippen LogP contribution < -0.4 is 5.32 Å². The molecular weight excluding hydrogens is 299 g/mol. The lowest BCUT2D eigenvalue weighted by Gasteiger charge is -2.09. The molecule has 104 valence electrons. The number of anilines is 1. The zero-order valence-corrected chi connectivity index (χ0v) is 12.2. The van der Waals surface area contributed by atoms with Crippen LogP contribution >= 0.6 is 23.2 Å². The predicted molar refractivity (Wildman–Crippen MR) is 81.6 cm³/mol. The summed E-state index contributed by atoms with van der Waals surface area (Å²) < 4.78 is 0. The Balaban J connectivity index is 2.22. The van der Waals surface area contributed by atoms with Crippen molar-refractivity contribution in [2.75, 3.05) is 5.32 Å². The Morgan fingerprint density at radius 1 is 1.20 bits per heavy atom. The summed E-state index contributed by atoms with van der Waals surface area (Å²) in [5, 5.41) is 15.1. The molecule has 0 aliphatic carbocycles. The second-order valence-electron chi connectivity index (χ2n) is 4.37. The number of nitro groups is 1. The van der Waals surface area contributed by atoms with Gasteiger partial charge in [-0.3, -0.25) is 10.1 Å². The first kappa shape index (κ1) is 14.6. The quantitative estimate of drug-likeness (QED) is 0.650. The van der Waals surface area contributed by atoms with Crippen LogP contribution in [0.5, 0.6) is 0 Å². The van der Waals surface area contributed by atoms with Gasteiger partial charge in [0.25, 0.3) is 5.69 Å². The molecule has 4 nitrogen and oxygen atoms in total. The van der Waals surface area contributed by atoms with Gasteiger partial charge in [-0.15, -0.1) is 0 Å². The van der Waals surface area contributed by atoms with Crippen LogP contribution in [0.25, 0.3) is 0 Å². The van der Waals surface area contributed by atoms with Crippen molar-refractivity contribution in [2.24, 2.45) is 0 Å². The first-order chi connectivity index (χ1) is 9.47. The fraction of sp³-hybridized carbons (Fsp3) is 0.143. The van der Waals surface area contributed by atoms with Crippen molar-refractivity contribution in [3.63, 3.8) is 0 Å². The molecule has 1 N–H and O–H groups in total. The monoisotopic (exact) mass is 310 g/mol. The van der Waals surface area contributed by atoms with Crippen molar-refractivity contribution in [3.8, 4) is 0 Å². The molecule has 0 spiro atoms. The van der Waals surface area contributed by atoms with Crippen LogP contribution in [-0.2, 0) is 6.54 Å². The molecule has 2 rings (SSSR count). The van der Waals surface area contributed by atoms with E-state index in [9.17, 15) is 10.1 Å². The molecule has 0 unspecified atom stereocenters. The van der Waals surface area contributed by atoms with Gasteiger partial charge in [-0.2, -0.15) is 0 Å². The minimum Gasteiger partial charge on any atom is -0.375 e. The molecule has 0 atom stereocenters. The molecule has 0 radical (unpaired) electrons. The van der Waals surface area contributed by atoms with Crippen LogP contribution in [0.15, 0.2) is 36.4 Å². The maximum Gasteiger partial charge on any atom is 0.292 e. The van der Waals surface area contributed by atoms with Gasteiger partial charge in [-0.25, -0.2) is 0 Å². The Morgan fingerprint density at radius 3 is 2.60 bits per heavy atom. The van der Waals surface area contributed by atoms with Gasteiger partial charge in [0, 0.05) is 22.7 Å². The molecule has 0 aliphatic heterocycles. The van der Waals surface area contributed by atoms with Gasteiger partial charge in [0.1, 0.15) is 5.69 Å². The number of nitrogens with zero attached hydrogens (tertiary/aromatic N) is 1. The first-order valence-corrected chi connectivity index (χ1v) is 6.66. The van der Waals surface area contributed by atoms with Gasteiger partial charge >= 0.3 is 0 Å². The topological polar surface area (TPSA) is 55.2 Å². The second-order valence-corrected chi connectivity index (χ2v) is 5.21. The van der Waals surface area contributed by atoms with Crippen LogP contribution in [0, 0.1) is 17.0 Å². The number of halogens is 2. The Morgan fingerprint density at radius 2 is 1.95 bits per heavy atom. The van der Waals surface area contributed by atoms with Crippen LogP contribution in [0.4, 0.5) is 11.4 Å². The lowest BCUT2D eigenvalue weighted by atomic mass is 10.1. The molecule has 0 saturated heterocycles. The highest BCUT2D eigenvalue weighted by molar-refractivity contribution is 6.35. The molecule has 20 heavy (non-hydrogen) atoms. The summed E-state index contributed by atoms with van der Waals surface area (Å²) in [6.07, 6.45) is 0. The summed E-state index contributed by atoms with van der Waals surface area (Å²) in [5.41, 5.74) is 2.29. The summed E-state index contributed by atoms with van der Waals surface area (Å²) in [4.78, 5) is 10.6. The molecule has 0 fully saturated rings. The normalized spacial score (nSPS) is 10.3. The molecule has 0 amide bonds. The molecule has 2 aromatic carbocycles. The molecule has 2 aromatic rings. The summed E-state index contributed by atoms with van der Waals surface area (Å²) in [5.74, 6) is 0. The van der Waals surface area contributed by atoms with Gasteiger partial charge in [0.05, 0.1) is 4.92 Å². The standard InChI is InChI=1S/C14H12Cl2N2O2/c1-9-2-5-14(18(19)20)13(6-9)17-8-10-3-4-11(15)7-12(10)16/h2-7,17H,8H2,1H3. The van der Waals surface area contributed by atoms with Gasteiger partial charge < -0.3 is 5.32 Å². The molecule has 0 aliphatic rings. The van der Waals surface area contributed by atoms with E-state index in [0.717, 1.165) is 11.1 Å². The number of nitro benzene ring substituents is 1. The van der Waals surface area contributed by atoms with E-state index in [1.54, 1.807) is 30.3 Å². The predicted octanol–water partition coefficient (Wildman–Crippen LogP) is 4.82. The van der Waals surface area contributed by atoms with Crippen LogP contribution in [0.1, 0.15) is 11.1 Å². The lowest BCUT2D eigenvalue weighted by molar-refractivity contribution is -0.384. The largest absolute Gasteiger partial charge is 0.375 e. The number of rotatable bonds is 4. The fourth-order valence-electron chi connectivity index (χ4n) is 1.81. The molecule has 6 heteroatoms. The Bertz CT molecular complexity index is 660. The third-order valence-electron chi connectivity index (χ3n) is 2.83. The second kappa shape index (κ2) is 6.11. The Labute approximate surface area is 126 Å². The van der Waals surface area contributed by atoms with Gasteiger partial charge in [0.15, 0.2) is 0 Å². The zero-order valence-electron chi connectivity index (χ0n) is 10.7. The summed E-state index contributed by atoms with van der Waals surface area (Å²) in [6.45, 7) is 2.27. The Kier molecular flexibility index (Phi) is 4.47. The van der Waals surface area contributed by atoms with Crippen molar-refractivity contribution in [2.45, 2.75) is 13.5 Å². The molecule has 0 saturated carbocycles. The minimum atomic E-state index is -0.411. The van der Waals surface area contributed by atoms with Crippen molar-refractivity contribution in [1.29, 1.82) is 0 Å². The first-order valence-electron chi connectivity index (χ1n) is 5.90. The molecule has 0 heterocycles. The van der Waals surface area contributed by atoms with Gasteiger partial charge in [-0.1, -0.05) is 35.3 Å². The Hall–Kier alpha value is -1.78. The fourth-order valence-corrected chi connectivity index (χ4v) is 2.28. The van der Waals surface area contributed by atoms with Gasteiger partial charge in [-0.05, 0) is 36.2 Å². The molecular formula is C14H12Cl2N2O2. The van der Waals surface area contributed by atoms with Crippen LogP contribution in [0.2, 0.25) is 10.0 Å². The average Bonchev–Trinajstić information content (AvgIpc) is 2.37. The smallest absolute Gasteiger partial charge is 0.292 e. The van der Waals surface area contributed by atoms with Crippen molar-refractivity contribution >= 4 is 34.6 Å². The van der Waals surface area contributed by atoms with E-state index in [1.165, 1.54) is 6.07 Å². The summed E-state index contributed by atoms with van der Waals surface area (Å²) in [7, 11) is 0. The number of hydrogen-bond donors (Lipinski definition) is 1. The van der Waals surface area contributed by atoms with E-state index in [0.29, 0.717) is 22.3 Å². The highest BCUT2D eigenvalue weighted by atomic mass is 35.5. The molecule has 0 aromatic heterocycles. The van der Waals surface area contributed by atoms with E-state index < -0.39 is 4.92 Å². The van der Waals surface area contributed by atoms with E-state index in [4.69, 9.17) is 23.2 Å². The van der Waals surface area contributed by atoms with E-state index in [1.807, 2.05) is 6.92 Å². The third-order valence-corrected chi connectivity index (χ3v) is 3.42. The lowest BCUT2D eigenvalue weighted by Crippen LogP contribution is -2.03. The summed E-state index contributed by atoms with van der Waals surface area (Å²) in [6, 6.07) is 10.1. The SMILES string of the molecule is Cc1ccc([N+](=O)[O-])c(NCc2ccc(Cl)cc2Cl)c1. The highest BCUT2D eigenvalue weighted by Crippen LogP contribution is 2.27. The molecule has 0 bridgehead atoms. The number of benzene rings is 2. The minimum absolute atomic E-state index is 0.0423. The average molecular weight is 311 g/mol.